The van der Waals surface area contributed by atoms with Gasteiger partial charge in [-0.25, -0.2) is 5.01 Å². The molecule has 1 amide bonds. The number of thioether (sulfide) groups is 1. The number of amides is 1. The molecule has 0 bridgehead atoms. The van der Waals surface area contributed by atoms with E-state index < -0.39 is 6.17 Å². The van der Waals surface area contributed by atoms with Crippen LogP contribution in [0.25, 0.3) is 5.70 Å². The average molecular weight is 477 g/mol. The smallest absolute Gasteiger partial charge is 0.276 e. The number of carbonyl (C=O) groups is 1. The van der Waals surface area contributed by atoms with E-state index in [0.29, 0.717) is 10.9 Å². The Morgan fingerprint density at radius 3 is 2.53 bits per heavy atom. The van der Waals surface area contributed by atoms with Gasteiger partial charge in [0.05, 0.1) is 5.36 Å². The molecule has 3 aromatic carbocycles. The van der Waals surface area contributed by atoms with Crippen molar-refractivity contribution >= 4 is 44.5 Å². The van der Waals surface area contributed by atoms with E-state index in [1.807, 2.05) is 66.7 Å². The van der Waals surface area contributed by atoms with Crippen molar-refractivity contribution in [1.82, 2.24) is 10.3 Å². The molecule has 148 valence electrons. The molecule has 3 aromatic rings. The Hall–Kier alpha value is -2.90. The van der Waals surface area contributed by atoms with E-state index >= 15 is 0 Å². The predicted octanol–water partition coefficient (Wildman–Crippen LogP) is 3.53. The van der Waals surface area contributed by atoms with Crippen LogP contribution < -0.4 is 15.9 Å². The summed E-state index contributed by atoms with van der Waals surface area (Å²) < 4.78 is 0.928. The van der Waals surface area contributed by atoms with Gasteiger partial charge in [0.15, 0.2) is 11.3 Å². The van der Waals surface area contributed by atoms with E-state index in [0.717, 1.165) is 26.4 Å². The van der Waals surface area contributed by atoms with Gasteiger partial charge in [-0.3, -0.25) is 15.1 Å². The number of rotatable bonds is 3. The monoisotopic (exact) mass is 476 g/mol. The Morgan fingerprint density at radius 2 is 1.70 bits per heavy atom. The number of halogens is 1. The topological polar surface area (TPSA) is 57.1 Å². The van der Waals surface area contributed by atoms with Crippen molar-refractivity contribution in [2.24, 2.45) is 10.1 Å². The summed E-state index contributed by atoms with van der Waals surface area (Å²) >= 11 is 5.13. The molecule has 0 saturated heterocycles. The molecule has 0 fully saturated rings. The number of nitrogens with zero attached hydrogens (tertiary/aromatic N) is 3. The first kappa shape index (κ1) is 19.1. The number of benzene rings is 3. The number of carbonyl (C=O) groups excluding carboxylic acids is 1. The number of hydrogen-bond donors (Lipinski definition) is 1. The fourth-order valence-corrected chi connectivity index (χ4v) is 4.80. The lowest BCUT2D eigenvalue weighted by Gasteiger charge is -2.34. The lowest BCUT2D eigenvalue weighted by molar-refractivity contribution is -0.116. The molecule has 0 spiro atoms. The molecule has 0 aromatic heterocycles. The SMILES string of the molecule is O=C1NC(SCc2ccccc2)=NN2C1=c1ccccc1=NC2c1ccccc1Br. The van der Waals surface area contributed by atoms with Gasteiger partial charge >= 0.3 is 0 Å². The zero-order valence-corrected chi connectivity index (χ0v) is 18.2. The van der Waals surface area contributed by atoms with Crippen LogP contribution in [0.15, 0.2) is 93.4 Å². The van der Waals surface area contributed by atoms with Crippen LogP contribution in [0.1, 0.15) is 17.3 Å². The summed E-state index contributed by atoms with van der Waals surface area (Å²) in [6.45, 7) is 0. The quantitative estimate of drug-likeness (QED) is 0.628. The minimum absolute atomic E-state index is 0.167. The predicted molar refractivity (Wildman–Crippen MR) is 123 cm³/mol. The fourth-order valence-electron chi connectivity index (χ4n) is 3.51. The molecule has 5 nitrogen and oxygen atoms in total. The Morgan fingerprint density at radius 1 is 0.967 bits per heavy atom. The molecule has 0 aliphatic carbocycles. The normalized spacial score (nSPS) is 17.4. The maximum atomic E-state index is 13.1. The van der Waals surface area contributed by atoms with Crippen LogP contribution in [0, 0.1) is 0 Å². The van der Waals surface area contributed by atoms with Crippen molar-refractivity contribution in [3.63, 3.8) is 0 Å². The van der Waals surface area contributed by atoms with Crippen LogP contribution in [0.5, 0.6) is 0 Å². The van der Waals surface area contributed by atoms with E-state index in [9.17, 15) is 4.79 Å². The third-order valence-electron chi connectivity index (χ3n) is 4.92. The second kappa shape index (κ2) is 8.08. The molecule has 1 N–H and O–H groups in total. The number of fused-ring (bicyclic) bond motifs is 2. The average Bonchev–Trinajstić information content (AvgIpc) is 2.78. The highest BCUT2D eigenvalue weighted by Gasteiger charge is 2.35. The first-order chi connectivity index (χ1) is 14.7. The Bertz CT molecular complexity index is 1280. The molecule has 1 atom stereocenters. The van der Waals surface area contributed by atoms with Crippen molar-refractivity contribution < 1.29 is 4.79 Å². The van der Waals surface area contributed by atoms with E-state index in [1.54, 1.807) is 5.01 Å². The van der Waals surface area contributed by atoms with Crippen molar-refractivity contribution in [3.8, 4) is 0 Å². The molecule has 30 heavy (non-hydrogen) atoms. The van der Waals surface area contributed by atoms with Crippen LogP contribution >= 0.6 is 27.7 Å². The van der Waals surface area contributed by atoms with Crippen molar-refractivity contribution in [2.45, 2.75) is 11.9 Å². The summed E-state index contributed by atoms with van der Waals surface area (Å²) in [7, 11) is 0. The highest BCUT2D eigenvalue weighted by atomic mass is 79.9. The Balaban J connectivity index is 1.59. The second-order valence-corrected chi connectivity index (χ2v) is 8.69. The van der Waals surface area contributed by atoms with E-state index in [1.165, 1.54) is 17.3 Å². The molecule has 2 aliphatic heterocycles. The van der Waals surface area contributed by atoms with Gasteiger partial charge in [0.2, 0.25) is 0 Å². The van der Waals surface area contributed by atoms with Crippen molar-refractivity contribution in [1.29, 1.82) is 0 Å². The van der Waals surface area contributed by atoms with Gasteiger partial charge in [-0.05, 0) is 17.7 Å². The summed E-state index contributed by atoms with van der Waals surface area (Å²) in [6, 6.07) is 25.7. The van der Waals surface area contributed by atoms with Gasteiger partial charge in [-0.1, -0.05) is 94.4 Å². The molecule has 2 aliphatic rings. The van der Waals surface area contributed by atoms with E-state index in [4.69, 9.17) is 10.1 Å². The van der Waals surface area contributed by atoms with E-state index in [-0.39, 0.29) is 5.91 Å². The zero-order chi connectivity index (χ0) is 20.5. The number of amidine groups is 1. The van der Waals surface area contributed by atoms with Gasteiger partial charge in [0, 0.05) is 21.0 Å². The maximum absolute atomic E-state index is 13.1. The van der Waals surface area contributed by atoms with Crippen molar-refractivity contribution in [2.75, 3.05) is 0 Å². The van der Waals surface area contributed by atoms with Crippen LogP contribution in [-0.4, -0.2) is 16.1 Å². The third-order valence-corrected chi connectivity index (χ3v) is 6.57. The standard InChI is InChI=1S/C23H17BrN4OS/c24-18-12-6-4-10-16(18)21-25-19-13-7-5-11-17(19)20-22(29)26-23(27-28(20)21)30-14-15-8-2-1-3-9-15/h1-13,21H,14H2,(H,26,27,29). The molecule has 7 heteroatoms. The third kappa shape index (κ3) is 3.55. The molecular weight excluding hydrogens is 460 g/mol. The summed E-state index contributed by atoms with van der Waals surface area (Å²) in [6.07, 6.45) is -0.427. The van der Waals surface area contributed by atoms with E-state index in [2.05, 4.69) is 33.4 Å². The molecule has 0 saturated carbocycles. The van der Waals surface area contributed by atoms with Crippen LogP contribution in [-0.2, 0) is 10.5 Å². The van der Waals surface area contributed by atoms with Gasteiger partial charge < -0.3 is 0 Å². The highest BCUT2D eigenvalue weighted by molar-refractivity contribution is 9.10. The van der Waals surface area contributed by atoms with Crippen molar-refractivity contribution in [3.05, 3.63) is 105 Å². The molecular formula is C23H17BrN4OS. The minimum Gasteiger partial charge on any atom is -0.298 e. The number of hydrogen-bond acceptors (Lipinski definition) is 5. The summed E-state index contributed by atoms with van der Waals surface area (Å²) in [4.78, 5) is 18.1. The second-order valence-electron chi connectivity index (χ2n) is 6.87. The van der Waals surface area contributed by atoms with Crippen LogP contribution in [0.4, 0.5) is 0 Å². The van der Waals surface area contributed by atoms with Gasteiger partial charge in [-0.15, -0.1) is 5.10 Å². The molecule has 5 rings (SSSR count). The lowest BCUT2D eigenvalue weighted by Crippen LogP contribution is -2.50. The summed E-state index contributed by atoms with van der Waals surface area (Å²) in [5, 5.41) is 11.6. The van der Waals surface area contributed by atoms with Gasteiger partial charge in [-0.2, -0.15) is 0 Å². The van der Waals surface area contributed by atoms with Gasteiger partial charge in [0.25, 0.3) is 5.91 Å². The zero-order valence-electron chi connectivity index (χ0n) is 15.8. The highest BCUT2D eigenvalue weighted by Crippen LogP contribution is 2.34. The maximum Gasteiger partial charge on any atom is 0.276 e. The van der Waals surface area contributed by atoms with Crippen LogP contribution in [0.2, 0.25) is 0 Å². The minimum atomic E-state index is -0.427. The first-order valence-corrected chi connectivity index (χ1v) is 11.3. The summed E-state index contributed by atoms with van der Waals surface area (Å²) in [5.41, 5.74) is 2.64. The number of nitrogens with one attached hydrogen (secondary N) is 1. The molecule has 0 radical (unpaired) electrons. The number of para-hydroxylation sites is 1. The Kier molecular flexibility index (Phi) is 5.14. The fraction of sp³-hybridized carbons (Fsp3) is 0.0870. The lowest BCUT2D eigenvalue weighted by atomic mass is 10.1. The number of hydrazone groups is 1. The molecule has 2 heterocycles. The first-order valence-electron chi connectivity index (χ1n) is 9.48. The van der Waals surface area contributed by atoms with Crippen LogP contribution in [0.3, 0.4) is 0 Å². The Labute approximate surface area is 186 Å². The summed E-state index contributed by atoms with van der Waals surface area (Å²) in [5.74, 6) is 0.552. The molecule has 1 unspecified atom stereocenters. The largest absolute Gasteiger partial charge is 0.298 e. The van der Waals surface area contributed by atoms with Gasteiger partial charge in [0.1, 0.15) is 5.70 Å².